The molecule has 0 aliphatic carbocycles. The number of hydrogen-bond acceptors (Lipinski definition) is 4. The van der Waals surface area contributed by atoms with E-state index in [1.54, 1.807) is 19.2 Å². The van der Waals surface area contributed by atoms with Crippen LogP contribution < -0.4 is 4.74 Å². The highest BCUT2D eigenvalue weighted by Gasteiger charge is 2.48. The first-order valence-electron chi connectivity index (χ1n) is 12.5. The maximum absolute atomic E-state index is 13.6. The Morgan fingerprint density at radius 2 is 1.57 bits per heavy atom. The molecule has 0 bridgehead atoms. The minimum atomic E-state index is -0.927. The van der Waals surface area contributed by atoms with Crippen molar-refractivity contribution in [1.29, 1.82) is 0 Å². The molecular formula is C28H37FN2O4. The van der Waals surface area contributed by atoms with Crippen molar-refractivity contribution in [3.8, 4) is 5.75 Å². The van der Waals surface area contributed by atoms with Gasteiger partial charge in [-0.2, -0.15) is 0 Å². The Morgan fingerprint density at radius 3 is 2.09 bits per heavy atom. The first-order valence-corrected chi connectivity index (χ1v) is 12.5. The molecule has 2 aromatic rings. The monoisotopic (exact) mass is 484 g/mol. The molecule has 1 aliphatic rings. The molecule has 0 spiro atoms. The van der Waals surface area contributed by atoms with Crippen LogP contribution in [0.1, 0.15) is 62.6 Å². The Kier molecular flexibility index (Phi) is 9.66. The fourth-order valence-corrected chi connectivity index (χ4v) is 4.97. The predicted octanol–water partition coefficient (Wildman–Crippen LogP) is 5.10. The van der Waals surface area contributed by atoms with E-state index in [-0.39, 0.29) is 24.2 Å². The maximum Gasteiger partial charge on any atom is 0.309 e. The van der Waals surface area contributed by atoms with E-state index in [0.29, 0.717) is 25.4 Å². The maximum atomic E-state index is 13.6. The summed E-state index contributed by atoms with van der Waals surface area (Å²) in [7, 11) is 1.58. The fourth-order valence-electron chi connectivity index (χ4n) is 4.97. The number of carbonyl (C=O) groups is 2. The summed E-state index contributed by atoms with van der Waals surface area (Å²) in [6.45, 7) is 6.17. The number of ether oxygens (including phenoxy) is 1. The van der Waals surface area contributed by atoms with E-state index in [4.69, 9.17) is 4.74 Å². The van der Waals surface area contributed by atoms with Gasteiger partial charge in [0.1, 0.15) is 11.6 Å². The lowest BCUT2D eigenvalue weighted by molar-refractivity contribution is -0.144. The number of aliphatic carboxylic acids is 1. The van der Waals surface area contributed by atoms with Crippen LogP contribution in [0.25, 0.3) is 0 Å². The highest BCUT2D eigenvalue weighted by atomic mass is 19.1. The van der Waals surface area contributed by atoms with Crippen LogP contribution >= 0.6 is 0 Å². The number of halogens is 1. The molecule has 3 rings (SSSR count). The van der Waals surface area contributed by atoms with Crippen molar-refractivity contribution >= 4 is 11.9 Å². The molecule has 0 saturated carbocycles. The molecule has 1 saturated heterocycles. The quantitative estimate of drug-likeness (QED) is 0.454. The van der Waals surface area contributed by atoms with Crippen molar-refractivity contribution in [1.82, 2.24) is 9.80 Å². The highest BCUT2D eigenvalue weighted by Crippen LogP contribution is 2.46. The van der Waals surface area contributed by atoms with Crippen LogP contribution in [-0.2, 0) is 9.59 Å². The first-order chi connectivity index (χ1) is 16.9. The molecule has 0 aromatic heterocycles. The zero-order valence-corrected chi connectivity index (χ0v) is 21.0. The Morgan fingerprint density at radius 1 is 1.00 bits per heavy atom. The number of rotatable bonds is 12. The Labute approximate surface area is 207 Å². The molecule has 0 radical (unpaired) electrons. The summed E-state index contributed by atoms with van der Waals surface area (Å²) in [5.74, 6) is -1.73. The number of carbonyl (C=O) groups excluding carboxylic acids is 1. The molecule has 6 nitrogen and oxygen atoms in total. The molecule has 1 aliphatic heterocycles. The van der Waals surface area contributed by atoms with Crippen molar-refractivity contribution in [2.45, 2.75) is 51.5 Å². The van der Waals surface area contributed by atoms with Crippen molar-refractivity contribution in [3.63, 3.8) is 0 Å². The van der Waals surface area contributed by atoms with E-state index in [1.165, 1.54) is 12.1 Å². The van der Waals surface area contributed by atoms with Gasteiger partial charge >= 0.3 is 5.97 Å². The summed E-state index contributed by atoms with van der Waals surface area (Å²) in [5.41, 5.74) is 1.59. The third-order valence-corrected chi connectivity index (χ3v) is 6.89. The number of amides is 1. The van der Waals surface area contributed by atoms with E-state index in [0.717, 1.165) is 36.8 Å². The Bertz CT molecular complexity index is 956. The van der Waals surface area contributed by atoms with Gasteiger partial charge in [-0.25, -0.2) is 4.39 Å². The number of nitrogens with zero attached hydrogens (tertiary/aromatic N) is 2. The summed E-state index contributed by atoms with van der Waals surface area (Å²) >= 11 is 0. The van der Waals surface area contributed by atoms with E-state index in [2.05, 4.69) is 13.8 Å². The molecule has 0 unspecified atom stereocenters. The largest absolute Gasteiger partial charge is 0.497 e. The molecule has 7 heteroatoms. The second kappa shape index (κ2) is 12.7. The molecular weight excluding hydrogens is 447 g/mol. The van der Waals surface area contributed by atoms with Crippen LogP contribution in [0.2, 0.25) is 0 Å². The van der Waals surface area contributed by atoms with Crippen LogP contribution in [0.15, 0.2) is 48.5 Å². The molecule has 35 heavy (non-hydrogen) atoms. The fraction of sp³-hybridized carbons (Fsp3) is 0.500. The molecule has 190 valence electrons. The average Bonchev–Trinajstić information content (AvgIpc) is 3.23. The van der Waals surface area contributed by atoms with Gasteiger partial charge in [-0.1, -0.05) is 51.0 Å². The van der Waals surface area contributed by atoms with Crippen molar-refractivity contribution < 1.29 is 23.8 Å². The van der Waals surface area contributed by atoms with Gasteiger partial charge in [-0.05, 0) is 48.2 Å². The number of methoxy groups -OCH3 is 1. The molecule has 3 atom stereocenters. The molecule has 2 aromatic carbocycles. The summed E-state index contributed by atoms with van der Waals surface area (Å²) in [6.07, 6.45) is 3.88. The minimum Gasteiger partial charge on any atom is -0.497 e. The summed E-state index contributed by atoms with van der Waals surface area (Å²) < 4.78 is 18.9. The summed E-state index contributed by atoms with van der Waals surface area (Å²) in [6, 6.07) is 12.9. The Balaban J connectivity index is 1.95. The standard InChI is InChI=1S/C28H37FN2O4/c1-4-6-16-30(17-7-5-2)25(32)19-31-18-24(20-8-12-22(29)13-9-20)26(28(33)34)27(31)21-10-14-23(35-3)15-11-21/h8-15,24,26-27H,4-7,16-19H2,1-3H3,(H,33,34)/t24-,26+,27-/m1/s1. The van der Waals surface area contributed by atoms with E-state index in [9.17, 15) is 19.1 Å². The van der Waals surface area contributed by atoms with Gasteiger partial charge in [0.15, 0.2) is 0 Å². The number of likely N-dealkylation sites (tertiary alicyclic amines) is 1. The minimum absolute atomic E-state index is 0.0225. The lowest BCUT2D eigenvalue weighted by Gasteiger charge is -2.30. The first kappa shape index (κ1) is 26.7. The van der Waals surface area contributed by atoms with Crippen LogP contribution in [-0.4, -0.2) is 60.1 Å². The molecule has 1 N–H and O–H groups in total. The van der Waals surface area contributed by atoms with Crippen molar-refractivity contribution in [2.24, 2.45) is 5.92 Å². The van der Waals surface area contributed by atoms with Crippen LogP contribution in [0.4, 0.5) is 4.39 Å². The number of unbranched alkanes of at least 4 members (excludes halogenated alkanes) is 2. The third kappa shape index (κ3) is 6.60. The molecule has 1 amide bonds. The normalized spacial score (nSPS) is 20.1. The zero-order valence-electron chi connectivity index (χ0n) is 21.0. The van der Waals surface area contributed by atoms with Crippen molar-refractivity contribution in [3.05, 3.63) is 65.5 Å². The lowest BCUT2D eigenvalue weighted by Crippen LogP contribution is -2.42. The summed E-state index contributed by atoms with van der Waals surface area (Å²) in [5, 5.41) is 10.3. The Hall–Kier alpha value is -2.93. The second-order valence-corrected chi connectivity index (χ2v) is 9.26. The van der Waals surface area contributed by atoms with E-state index >= 15 is 0 Å². The van der Waals surface area contributed by atoms with Gasteiger partial charge in [0.05, 0.1) is 19.6 Å². The van der Waals surface area contributed by atoms with Gasteiger partial charge in [0.25, 0.3) is 0 Å². The number of hydrogen-bond donors (Lipinski definition) is 1. The van der Waals surface area contributed by atoms with Gasteiger partial charge in [-0.3, -0.25) is 14.5 Å². The SMILES string of the molecule is CCCCN(CCCC)C(=O)CN1C[C@H](c2ccc(F)cc2)[C@H](C(=O)O)[C@H]1c1ccc(OC)cc1. The van der Waals surface area contributed by atoms with E-state index in [1.807, 2.05) is 34.1 Å². The lowest BCUT2D eigenvalue weighted by atomic mass is 9.83. The second-order valence-electron chi connectivity index (χ2n) is 9.26. The zero-order chi connectivity index (χ0) is 25.4. The third-order valence-electron chi connectivity index (χ3n) is 6.89. The molecule has 1 fully saturated rings. The molecule has 1 heterocycles. The van der Waals surface area contributed by atoms with Gasteiger partial charge in [0, 0.05) is 31.6 Å². The number of carboxylic acid groups (broad SMARTS) is 1. The van der Waals surface area contributed by atoms with E-state index < -0.39 is 17.9 Å². The predicted molar refractivity (Wildman–Crippen MR) is 134 cm³/mol. The summed E-state index contributed by atoms with van der Waals surface area (Å²) in [4.78, 5) is 29.9. The number of carboxylic acids is 1. The number of benzene rings is 2. The van der Waals surface area contributed by atoms with Crippen LogP contribution in [0.5, 0.6) is 5.75 Å². The van der Waals surface area contributed by atoms with Crippen LogP contribution in [0, 0.1) is 11.7 Å². The van der Waals surface area contributed by atoms with Gasteiger partial charge in [0.2, 0.25) is 5.91 Å². The van der Waals surface area contributed by atoms with Gasteiger partial charge in [-0.15, -0.1) is 0 Å². The van der Waals surface area contributed by atoms with Crippen LogP contribution in [0.3, 0.4) is 0 Å². The smallest absolute Gasteiger partial charge is 0.309 e. The average molecular weight is 485 g/mol. The van der Waals surface area contributed by atoms with Crippen molar-refractivity contribution in [2.75, 3.05) is 33.3 Å². The highest BCUT2D eigenvalue weighted by molar-refractivity contribution is 5.79. The van der Waals surface area contributed by atoms with Gasteiger partial charge < -0.3 is 14.7 Å². The topological polar surface area (TPSA) is 70.1 Å².